The maximum Gasteiger partial charge on any atom is 0.124 e. The predicted octanol–water partition coefficient (Wildman–Crippen LogP) is 4.86. The van der Waals surface area contributed by atoms with E-state index in [-0.39, 0.29) is 11.9 Å². The quantitative estimate of drug-likeness (QED) is 0.751. The molecule has 0 aliphatic carbocycles. The fourth-order valence-electron chi connectivity index (χ4n) is 2.25. The predicted molar refractivity (Wildman–Crippen MR) is 90.3 cm³/mol. The minimum Gasteiger partial charge on any atom is -0.496 e. The van der Waals surface area contributed by atoms with Crippen LogP contribution in [0.4, 0.5) is 4.39 Å². The van der Waals surface area contributed by atoms with E-state index in [1.807, 2.05) is 25.2 Å². The van der Waals surface area contributed by atoms with E-state index in [4.69, 9.17) is 4.74 Å². The summed E-state index contributed by atoms with van der Waals surface area (Å²) in [6.07, 6.45) is 0.732. The third-order valence-corrected chi connectivity index (χ3v) is 4.59. The molecule has 2 aromatic carbocycles. The molecule has 0 aliphatic heterocycles. The summed E-state index contributed by atoms with van der Waals surface area (Å²) in [6, 6.07) is 10.8. The lowest BCUT2D eigenvalue weighted by molar-refractivity contribution is 0.401. The van der Waals surface area contributed by atoms with Crippen molar-refractivity contribution >= 4 is 31.9 Å². The van der Waals surface area contributed by atoms with Crippen molar-refractivity contribution < 1.29 is 9.13 Å². The Morgan fingerprint density at radius 1 is 1.19 bits per heavy atom. The van der Waals surface area contributed by atoms with Crippen LogP contribution >= 0.6 is 31.9 Å². The third-order valence-electron chi connectivity index (χ3n) is 3.36. The number of rotatable bonds is 5. The molecule has 0 bridgehead atoms. The summed E-state index contributed by atoms with van der Waals surface area (Å²) < 4.78 is 20.4. The van der Waals surface area contributed by atoms with Gasteiger partial charge in [-0.05, 0) is 43.3 Å². The Labute approximate surface area is 141 Å². The lowest BCUT2D eigenvalue weighted by atomic mass is 9.98. The summed E-state index contributed by atoms with van der Waals surface area (Å²) in [6.45, 7) is 0. The van der Waals surface area contributed by atoms with Gasteiger partial charge in [-0.3, -0.25) is 0 Å². The molecule has 1 unspecified atom stereocenters. The molecular weight excluding hydrogens is 401 g/mol. The molecule has 2 nitrogen and oxygen atoms in total. The van der Waals surface area contributed by atoms with Crippen LogP contribution < -0.4 is 10.1 Å². The van der Waals surface area contributed by atoms with Gasteiger partial charge in [-0.2, -0.15) is 0 Å². The summed E-state index contributed by atoms with van der Waals surface area (Å²) in [7, 11) is 3.56. The van der Waals surface area contributed by atoms with Gasteiger partial charge in [-0.1, -0.05) is 44.0 Å². The zero-order chi connectivity index (χ0) is 15.4. The molecule has 0 heterocycles. The SMILES string of the molecule is CNC(Cc1ccc(F)cc1Br)c1ccc(Br)cc1OC. The van der Waals surface area contributed by atoms with Crippen molar-refractivity contribution in [1.82, 2.24) is 5.32 Å². The monoisotopic (exact) mass is 415 g/mol. The minimum absolute atomic E-state index is 0.0785. The number of likely N-dealkylation sites (N-methyl/N-ethyl adjacent to an activating group) is 1. The Morgan fingerprint density at radius 3 is 2.57 bits per heavy atom. The molecule has 0 amide bonds. The number of benzene rings is 2. The summed E-state index contributed by atoms with van der Waals surface area (Å²) >= 11 is 6.86. The Kier molecular flexibility index (Phi) is 5.79. The van der Waals surface area contributed by atoms with Crippen molar-refractivity contribution in [3.63, 3.8) is 0 Å². The molecule has 0 fully saturated rings. The first-order chi connectivity index (χ1) is 10.0. The molecule has 0 radical (unpaired) electrons. The van der Waals surface area contributed by atoms with Gasteiger partial charge in [0.05, 0.1) is 7.11 Å². The molecular formula is C16H16Br2FNO. The molecule has 0 saturated carbocycles. The Hall–Kier alpha value is -0.910. The maximum atomic E-state index is 13.2. The van der Waals surface area contributed by atoms with Crippen molar-refractivity contribution in [3.05, 3.63) is 62.3 Å². The van der Waals surface area contributed by atoms with Crippen molar-refractivity contribution in [2.45, 2.75) is 12.5 Å². The first kappa shape index (κ1) is 16.5. The van der Waals surface area contributed by atoms with E-state index < -0.39 is 0 Å². The van der Waals surface area contributed by atoms with Crippen molar-refractivity contribution in [2.75, 3.05) is 14.2 Å². The zero-order valence-electron chi connectivity index (χ0n) is 11.8. The molecule has 2 rings (SSSR count). The van der Waals surface area contributed by atoms with E-state index in [1.165, 1.54) is 12.1 Å². The van der Waals surface area contributed by atoms with Crippen molar-refractivity contribution in [1.29, 1.82) is 0 Å². The lowest BCUT2D eigenvalue weighted by Gasteiger charge is -2.20. The normalized spacial score (nSPS) is 12.2. The van der Waals surface area contributed by atoms with Gasteiger partial charge in [0.25, 0.3) is 0 Å². The average Bonchev–Trinajstić information content (AvgIpc) is 2.47. The zero-order valence-corrected chi connectivity index (χ0v) is 15.0. The number of ether oxygens (including phenoxy) is 1. The van der Waals surface area contributed by atoms with Crippen LogP contribution in [0.15, 0.2) is 45.3 Å². The van der Waals surface area contributed by atoms with Crippen LogP contribution in [-0.2, 0) is 6.42 Å². The molecule has 0 saturated heterocycles. The van der Waals surface area contributed by atoms with Gasteiger partial charge in [-0.25, -0.2) is 4.39 Å². The Bertz CT molecular complexity index is 634. The van der Waals surface area contributed by atoms with Gasteiger partial charge >= 0.3 is 0 Å². The second kappa shape index (κ2) is 7.38. The number of hydrogen-bond donors (Lipinski definition) is 1. The highest BCUT2D eigenvalue weighted by atomic mass is 79.9. The fraction of sp³-hybridized carbons (Fsp3) is 0.250. The molecule has 2 aromatic rings. The number of hydrogen-bond acceptors (Lipinski definition) is 2. The maximum absolute atomic E-state index is 13.2. The molecule has 5 heteroatoms. The fourth-order valence-corrected chi connectivity index (χ4v) is 3.10. The van der Waals surface area contributed by atoms with E-state index in [0.29, 0.717) is 0 Å². The van der Waals surface area contributed by atoms with Crippen molar-refractivity contribution in [3.8, 4) is 5.75 Å². The van der Waals surface area contributed by atoms with E-state index >= 15 is 0 Å². The second-order valence-electron chi connectivity index (χ2n) is 4.67. The number of nitrogens with one attached hydrogen (secondary N) is 1. The summed E-state index contributed by atoms with van der Waals surface area (Å²) in [5, 5.41) is 3.29. The van der Waals surface area contributed by atoms with Gasteiger partial charge < -0.3 is 10.1 Å². The van der Waals surface area contributed by atoms with Gasteiger partial charge in [-0.15, -0.1) is 0 Å². The summed E-state index contributed by atoms with van der Waals surface area (Å²) in [4.78, 5) is 0. The van der Waals surface area contributed by atoms with Gasteiger partial charge in [0.2, 0.25) is 0 Å². The molecule has 0 spiro atoms. The van der Waals surface area contributed by atoms with Crippen LogP contribution in [0.5, 0.6) is 5.75 Å². The highest BCUT2D eigenvalue weighted by Gasteiger charge is 2.16. The standard InChI is InChI=1S/C16H16Br2FNO/c1-20-15(7-10-3-5-12(19)9-14(10)18)13-6-4-11(17)8-16(13)21-2/h3-6,8-9,15,20H,7H2,1-2H3. The molecule has 0 aromatic heterocycles. The van der Waals surface area contributed by atoms with Gasteiger partial charge in [0, 0.05) is 20.6 Å². The van der Waals surface area contributed by atoms with Gasteiger partial charge in [0.1, 0.15) is 11.6 Å². The Morgan fingerprint density at radius 2 is 1.95 bits per heavy atom. The number of methoxy groups -OCH3 is 1. The highest BCUT2D eigenvalue weighted by molar-refractivity contribution is 9.10. The van der Waals surface area contributed by atoms with Crippen LogP contribution in [0.25, 0.3) is 0 Å². The second-order valence-corrected chi connectivity index (χ2v) is 6.44. The van der Waals surface area contributed by atoms with E-state index in [0.717, 1.165) is 32.2 Å². The van der Waals surface area contributed by atoms with E-state index in [9.17, 15) is 4.39 Å². The van der Waals surface area contributed by atoms with Crippen LogP contribution in [-0.4, -0.2) is 14.2 Å². The third kappa shape index (κ3) is 4.05. The molecule has 0 aliphatic rings. The van der Waals surface area contributed by atoms with E-state index in [1.54, 1.807) is 13.2 Å². The number of halogens is 3. The summed E-state index contributed by atoms with van der Waals surface area (Å²) in [5.74, 6) is 0.579. The topological polar surface area (TPSA) is 21.3 Å². The van der Waals surface area contributed by atoms with Crippen LogP contribution in [0.1, 0.15) is 17.2 Å². The minimum atomic E-state index is -0.243. The molecule has 112 valence electrons. The summed E-state index contributed by atoms with van der Waals surface area (Å²) in [5.41, 5.74) is 2.11. The van der Waals surface area contributed by atoms with Crippen LogP contribution in [0, 0.1) is 5.82 Å². The average molecular weight is 417 g/mol. The molecule has 1 atom stereocenters. The van der Waals surface area contributed by atoms with Crippen molar-refractivity contribution in [2.24, 2.45) is 0 Å². The molecule has 1 N–H and O–H groups in total. The highest BCUT2D eigenvalue weighted by Crippen LogP contribution is 2.32. The van der Waals surface area contributed by atoms with Crippen LogP contribution in [0.3, 0.4) is 0 Å². The lowest BCUT2D eigenvalue weighted by Crippen LogP contribution is -2.19. The first-order valence-electron chi connectivity index (χ1n) is 6.49. The molecule has 21 heavy (non-hydrogen) atoms. The smallest absolute Gasteiger partial charge is 0.124 e. The Balaban J connectivity index is 2.32. The van der Waals surface area contributed by atoms with E-state index in [2.05, 4.69) is 37.2 Å². The largest absolute Gasteiger partial charge is 0.496 e. The first-order valence-corrected chi connectivity index (χ1v) is 8.08. The van der Waals surface area contributed by atoms with Gasteiger partial charge in [0.15, 0.2) is 0 Å². The van der Waals surface area contributed by atoms with Crippen LogP contribution in [0.2, 0.25) is 0 Å².